The predicted octanol–water partition coefficient (Wildman–Crippen LogP) is 1.14. The number of aromatic nitrogens is 2. The highest BCUT2D eigenvalue weighted by Crippen LogP contribution is 2.27. The standard InChI is InChI=1S/C17H18N4O/c1-2-12-7-14-8-15(18-11-21(14)9-12)17(22)19-16-10-20-5-3-13(16)4-6-20/h1,7-9,11,13,16H,3-6,10H2,(H,19,22)/t16-/m0/s1. The maximum Gasteiger partial charge on any atom is 0.270 e. The average molecular weight is 294 g/mol. The van der Waals surface area contributed by atoms with Crippen LogP contribution in [0.3, 0.4) is 0 Å². The fraction of sp³-hybridized carbons (Fsp3) is 0.412. The first kappa shape index (κ1) is 13.4. The summed E-state index contributed by atoms with van der Waals surface area (Å²) in [7, 11) is 0. The molecule has 5 heterocycles. The van der Waals surface area contributed by atoms with E-state index in [0.717, 1.165) is 17.6 Å². The quantitative estimate of drug-likeness (QED) is 0.845. The summed E-state index contributed by atoms with van der Waals surface area (Å²) in [4.78, 5) is 19.1. The first-order chi connectivity index (χ1) is 10.7. The minimum Gasteiger partial charge on any atom is -0.346 e. The predicted molar refractivity (Wildman–Crippen MR) is 83.5 cm³/mol. The number of rotatable bonds is 2. The minimum atomic E-state index is -0.0929. The molecule has 0 saturated carbocycles. The van der Waals surface area contributed by atoms with E-state index in [1.165, 1.54) is 25.9 Å². The lowest BCUT2D eigenvalue weighted by Gasteiger charge is -2.44. The molecule has 3 fully saturated rings. The number of piperidine rings is 3. The SMILES string of the molecule is C#Cc1cc2cc(C(=O)N[C@H]3CN4CCC3CC4)ncn2c1. The number of hydrogen-bond donors (Lipinski definition) is 1. The number of nitrogens with zero attached hydrogens (tertiary/aromatic N) is 3. The molecular weight excluding hydrogens is 276 g/mol. The second-order valence-corrected chi connectivity index (χ2v) is 6.20. The van der Waals surface area contributed by atoms with E-state index in [0.29, 0.717) is 11.6 Å². The van der Waals surface area contributed by atoms with Crippen molar-refractivity contribution in [2.45, 2.75) is 18.9 Å². The van der Waals surface area contributed by atoms with Gasteiger partial charge in [0, 0.05) is 24.3 Å². The van der Waals surface area contributed by atoms with E-state index in [2.05, 4.69) is 21.1 Å². The van der Waals surface area contributed by atoms with Crippen LogP contribution in [0.15, 0.2) is 24.7 Å². The zero-order valence-electron chi connectivity index (χ0n) is 12.3. The minimum absolute atomic E-state index is 0.0929. The Morgan fingerprint density at radius 3 is 2.86 bits per heavy atom. The highest BCUT2D eigenvalue weighted by atomic mass is 16.2. The maximum absolute atomic E-state index is 12.5. The molecule has 0 radical (unpaired) electrons. The molecule has 3 saturated heterocycles. The summed E-state index contributed by atoms with van der Waals surface area (Å²) in [5.74, 6) is 3.11. The molecule has 0 aromatic carbocycles. The van der Waals surface area contributed by atoms with E-state index in [9.17, 15) is 4.79 Å². The summed E-state index contributed by atoms with van der Waals surface area (Å²) in [6.45, 7) is 3.30. The lowest BCUT2D eigenvalue weighted by Crippen LogP contribution is -2.57. The summed E-state index contributed by atoms with van der Waals surface area (Å²) < 4.78 is 1.83. The molecule has 0 spiro atoms. The molecule has 2 bridgehead atoms. The Labute approximate surface area is 129 Å². The van der Waals surface area contributed by atoms with Crippen molar-refractivity contribution in [1.82, 2.24) is 19.6 Å². The van der Waals surface area contributed by atoms with Crippen molar-refractivity contribution in [1.29, 1.82) is 0 Å². The summed E-state index contributed by atoms with van der Waals surface area (Å²) in [6.07, 6.45) is 11.2. The van der Waals surface area contributed by atoms with Crippen LogP contribution >= 0.6 is 0 Å². The number of amides is 1. The highest BCUT2D eigenvalue weighted by Gasteiger charge is 2.35. The van der Waals surface area contributed by atoms with Gasteiger partial charge in [0.15, 0.2) is 0 Å². The summed E-state index contributed by atoms with van der Waals surface area (Å²) in [5.41, 5.74) is 2.13. The number of fused-ring (bicyclic) bond motifs is 4. The van der Waals surface area contributed by atoms with Crippen molar-refractivity contribution in [3.05, 3.63) is 35.9 Å². The first-order valence-corrected chi connectivity index (χ1v) is 7.70. The smallest absolute Gasteiger partial charge is 0.270 e. The summed E-state index contributed by atoms with van der Waals surface area (Å²) in [6, 6.07) is 3.92. The normalized spacial score (nSPS) is 26.8. The van der Waals surface area contributed by atoms with Gasteiger partial charge in [-0.2, -0.15) is 0 Å². The number of carbonyl (C=O) groups excluding carboxylic acids is 1. The Bertz CT molecular complexity index is 765. The molecule has 1 atom stereocenters. The van der Waals surface area contributed by atoms with Crippen LogP contribution in [0.1, 0.15) is 28.9 Å². The molecule has 5 rings (SSSR count). The first-order valence-electron chi connectivity index (χ1n) is 7.70. The van der Waals surface area contributed by atoms with Crippen LogP contribution in [-0.4, -0.2) is 45.9 Å². The van der Waals surface area contributed by atoms with Gasteiger partial charge in [-0.15, -0.1) is 6.42 Å². The zero-order valence-corrected chi connectivity index (χ0v) is 12.3. The van der Waals surface area contributed by atoms with Crippen molar-refractivity contribution < 1.29 is 4.79 Å². The van der Waals surface area contributed by atoms with Gasteiger partial charge in [-0.25, -0.2) is 4.98 Å². The summed E-state index contributed by atoms with van der Waals surface area (Å²) in [5, 5.41) is 3.16. The van der Waals surface area contributed by atoms with Crippen LogP contribution in [-0.2, 0) is 0 Å². The lowest BCUT2D eigenvalue weighted by atomic mass is 9.84. The maximum atomic E-state index is 12.5. The molecule has 112 valence electrons. The third kappa shape index (κ3) is 2.26. The van der Waals surface area contributed by atoms with E-state index < -0.39 is 0 Å². The number of carbonyl (C=O) groups is 1. The van der Waals surface area contributed by atoms with Gasteiger partial charge >= 0.3 is 0 Å². The molecule has 0 aliphatic carbocycles. The molecule has 1 N–H and O–H groups in total. The average Bonchev–Trinajstić information content (AvgIpc) is 2.98. The van der Waals surface area contributed by atoms with Gasteiger partial charge in [0.1, 0.15) is 12.0 Å². The molecule has 1 amide bonds. The Balaban J connectivity index is 1.54. The van der Waals surface area contributed by atoms with Gasteiger partial charge in [-0.3, -0.25) is 4.79 Å². The van der Waals surface area contributed by atoms with E-state index in [1.54, 1.807) is 12.4 Å². The van der Waals surface area contributed by atoms with E-state index in [-0.39, 0.29) is 11.9 Å². The molecule has 3 aliphatic rings. The molecular formula is C17H18N4O. The summed E-state index contributed by atoms with van der Waals surface area (Å²) >= 11 is 0. The second kappa shape index (κ2) is 5.15. The molecule has 22 heavy (non-hydrogen) atoms. The molecule has 5 nitrogen and oxygen atoms in total. The third-order valence-electron chi connectivity index (χ3n) is 4.86. The van der Waals surface area contributed by atoms with Crippen molar-refractivity contribution in [2.24, 2.45) is 5.92 Å². The number of terminal acetylenes is 1. The second-order valence-electron chi connectivity index (χ2n) is 6.20. The van der Waals surface area contributed by atoms with E-state index in [4.69, 9.17) is 6.42 Å². The van der Waals surface area contributed by atoms with Crippen LogP contribution in [0.4, 0.5) is 0 Å². The number of hydrogen-bond acceptors (Lipinski definition) is 3. The van der Waals surface area contributed by atoms with Crippen molar-refractivity contribution in [3.8, 4) is 12.3 Å². The zero-order chi connectivity index (χ0) is 15.1. The van der Waals surface area contributed by atoms with Crippen molar-refractivity contribution >= 4 is 11.4 Å². The molecule has 2 aromatic rings. The van der Waals surface area contributed by atoms with Crippen LogP contribution in [0, 0.1) is 18.3 Å². The topological polar surface area (TPSA) is 49.6 Å². The van der Waals surface area contributed by atoms with Gasteiger partial charge in [0.25, 0.3) is 5.91 Å². The van der Waals surface area contributed by atoms with Crippen LogP contribution < -0.4 is 5.32 Å². The van der Waals surface area contributed by atoms with Crippen molar-refractivity contribution in [3.63, 3.8) is 0 Å². The van der Waals surface area contributed by atoms with Gasteiger partial charge in [-0.1, -0.05) is 5.92 Å². The van der Waals surface area contributed by atoms with Gasteiger partial charge < -0.3 is 14.6 Å². The van der Waals surface area contributed by atoms with Crippen LogP contribution in [0.5, 0.6) is 0 Å². The third-order valence-corrected chi connectivity index (χ3v) is 4.86. The Morgan fingerprint density at radius 1 is 1.36 bits per heavy atom. The fourth-order valence-electron chi connectivity index (χ4n) is 3.59. The van der Waals surface area contributed by atoms with Crippen molar-refractivity contribution in [2.75, 3.05) is 19.6 Å². The lowest BCUT2D eigenvalue weighted by molar-refractivity contribution is 0.0617. The van der Waals surface area contributed by atoms with E-state index in [1.807, 2.05) is 16.7 Å². The van der Waals surface area contributed by atoms with Crippen LogP contribution in [0.25, 0.3) is 5.52 Å². The Morgan fingerprint density at radius 2 is 2.18 bits per heavy atom. The van der Waals surface area contributed by atoms with Crippen LogP contribution in [0.2, 0.25) is 0 Å². The fourth-order valence-corrected chi connectivity index (χ4v) is 3.59. The monoisotopic (exact) mass is 294 g/mol. The van der Waals surface area contributed by atoms with E-state index >= 15 is 0 Å². The number of nitrogens with one attached hydrogen (secondary N) is 1. The molecule has 5 heteroatoms. The Kier molecular flexibility index (Phi) is 3.12. The van der Waals surface area contributed by atoms with Gasteiger partial charge in [0.05, 0.1) is 5.52 Å². The molecule has 0 unspecified atom stereocenters. The molecule has 3 aliphatic heterocycles. The largest absolute Gasteiger partial charge is 0.346 e. The molecule has 2 aromatic heterocycles. The Hall–Kier alpha value is -2.32. The highest BCUT2D eigenvalue weighted by molar-refractivity contribution is 5.93. The van der Waals surface area contributed by atoms with Gasteiger partial charge in [-0.05, 0) is 44.0 Å². The van der Waals surface area contributed by atoms with Gasteiger partial charge in [0.2, 0.25) is 0 Å².